The van der Waals surface area contributed by atoms with Crippen molar-refractivity contribution in [1.82, 2.24) is 14.6 Å². The first kappa shape index (κ1) is 18.7. The molecule has 0 aliphatic carbocycles. The number of ether oxygens (including phenoxy) is 1. The van der Waals surface area contributed by atoms with Crippen molar-refractivity contribution in [2.24, 2.45) is 5.92 Å². The second kappa shape index (κ2) is 8.16. The molecule has 0 saturated carbocycles. The number of aromatic nitrogens is 3. The highest BCUT2D eigenvalue weighted by molar-refractivity contribution is 5.66. The quantitative estimate of drug-likeness (QED) is 0.684. The van der Waals surface area contributed by atoms with Gasteiger partial charge in [-0.2, -0.15) is 0 Å². The van der Waals surface area contributed by atoms with E-state index in [9.17, 15) is 5.11 Å². The Kier molecular flexibility index (Phi) is 5.45. The predicted molar refractivity (Wildman–Crippen MR) is 111 cm³/mol. The molecule has 0 unspecified atom stereocenters. The molecule has 0 spiro atoms. The van der Waals surface area contributed by atoms with Gasteiger partial charge in [0, 0.05) is 24.3 Å². The van der Waals surface area contributed by atoms with Gasteiger partial charge in [0.25, 0.3) is 0 Å². The third-order valence-electron chi connectivity index (χ3n) is 5.24. The number of rotatable bonds is 6. The third-order valence-corrected chi connectivity index (χ3v) is 5.24. The minimum Gasteiger partial charge on any atom is -0.394 e. The summed E-state index contributed by atoms with van der Waals surface area (Å²) >= 11 is 0. The van der Waals surface area contributed by atoms with Crippen molar-refractivity contribution < 1.29 is 9.84 Å². The SMILES string of the molecule is CC(C)[C@@H](CO)Nc1ccc2ncc(-c3ccc(N4CCOCC4)cc3)n2n1. The summed E-state index contributed by atoms with van der Waals surface area (Å²) < 4.78 is 7.28. The van der Waals surface area contributed by atoms with Crippen LogP contribution in [0.5, 0.6) is 0 Å². The maximum absolute atomic E-state index is 9.58. The topological polar surface area (TPSA) is 74.9 Å². The number of morpholine rings is 1. The zero-order chi connectivity index (χ0) is 19.5. The van der Waals surface area contributed by atoms with E-state index in [-0.39, 0.29) is 12.6 Å². The number of aliphatic hydroxyl groups is 1. The van der Waals surface area contributed by atoms with Crippen LogP contribution in [0.15, 0.2) is 42.6 Å². The lowest BCUT2D eigenvalue weighted by Gasteiger charge is -2.28. The van der Waals surface area contributed by atoms with Crippen molar-refractivity contribution in [1.29, 1.82) is 0 Å². The molecule has 3 aromatic rings. The summed E-state index contributed by atoms with van der Waals surface area (Å²) in [4.78, 5) is 6.82. The fourth-order valence-corrected chi connectivity index (χ4v) is 3.42. The van der Waals surface area contributed by atoms with E-state index in [2.05, 4.69) is 53.3 Å². The van der Waals surface area contributed by atoms with Crippen LogP contribution in [0.1, 0.15) is 13.8 Å². The van der Waals surface area contributed by atoms with Gasteiger partial charge >= 0.3 is 0 Å². The molecule has 148 valence electrons. The molecule has 0 bridgehead atoms. The Bertz CT molecular complexity index is 916. The van der Waals surface area contributed by atoms with Crippen molar-refractivity contribution in [2.75, 3.05) is 43.1 Å². The average molecular weight is 381 g/mol. The van der Waals surface area contributed by atoms with Crippen LogP contribution in [0.2, 0.25) is 0 Å². The minimum atomic E-state index is -0.0373. The van der Waals surface area contributed by atoms with Crippen LogP contribution in [0.25, 0.3) is 16.9 Å². The molecule has 1 aliphatic rings. The van der Waals surface area contributed by atoms with E-state index in [0.29, 0.717) is 5.92 Å². The lowest BCUT2D eigenvalue weighted by molar-refractivity contribution is 0.122. The Morgan fingerprint density at radius 3 is 2.54 bits per heavy atom. The van der Waals surface area contributed by atoms with Crippen LogP contribution < -0.4 is 10.2 Å². The van der Waals surface area contributed by atoms with Gasteiger partial charge < -0.3 is 20.1 Å². The van der Waals surface area contributed by atoms with E-state index in [4.69, 9.17) is 9.84 Å². The standard InChI is InChI=1S/C21H27N5O2/c1-15(2)18(14-27)23-20-7-8-21-22-13-19(26(21)24-20)16-3-5-17(6-4-16)25-9-11-28-12-10-25/h3-8,13,15,18,27H,9-12,14H2,1-2H3,(H,23,24)/t18-/m1/s1. The normalized spacial score (nSPS) is 15.9. The lowest BCUT2D eigenvalue weighted by Crippen LogP contribution is -2.36. The Morgan fingerprint density at radius 2 is 1.86 bits per heavy atom. The number of fused-ring (bicyclic) bond motifs is 1. The molecule has 2 aromatic heterocycles. The van der Waals surface area contributed by atoms with Crippen LogP contribution in [-0.2, 0) is 4.74 Å². The second-order valence-corrected chi connectivity index (χ2v) is 7.46. The molecule has 3 heterocycles. The number of anilines is 2. The van der Waals surface area contributed by atoms with Gasteiger partial charge in [-0.3, -0.25) is 0 Å². The minimum absolute atomic E-state index is 0.0373. The average Bonchev–Trinajstić information content (AvgIpc) is 3.16. The van der Waals surface area contributed by atoms with E-state index in [1.807, 2.05) is 22.8 Å². The van der Waals surface area contributed by atoms with Crippen LogP contribution in [0.3, 0.4) is 0 Å². The molecule has 1 aliphatic heterocycles. The van der Waals surface area contributed by atoms with Gasteiger partial charge in [0.05, 0.1) is 37.8 Å². The second-order valence-electron chi connectivity index (χ2n) is 7.46. The summed E-state index contributed by atoms with van der Waals surface area (Å²) in [6.45, 7) is 7.62. The number of hydrogen-bond donors (Lipinski definition) is 2. The molecule has 2 N–H and O–H groups in total. The summed E-state index contributed by atoms with van der Waals surface area (Å²) in [6, 6.07) is 12.3. The predicted octanol–water partition coefficient (Wildman–Crippen LogP) is 2.66. The van der Waals surface area contributed by atoms with Crippen LogP contribution >= 0.6 is 0 Å². The van der Waals surface area contributed by atoms with Crippen molar-refractivity contribution in [3.63, 3.8) is 0 Å². The fourth-order valence-electron chi connectivity index (χ4n) is 3.42. The van der Waals surface area contributed by atoms with Crippen LogP contribution in [0.4, 0.5) is 11.5 Å². The number of aliphatic hydroxyl groups excluding tert-OH is 1. The van der Waals surface area contributed by atoms with Gasteiger partial charge in [0.15, 0.2) is 5.65 Å². The summed E-state index contributed by atoms with van der Waals surface area (Å²) in [5, 5.41) is 17.6. The number of benzene rings is 1. The van der Waals surface area contributed by atoms with Crippen molar-refractivity contribution in [2.45, 2.75) is 19.9 Å². The van der Waals surface area contributed by atoms with Gasteiger partial charge in [-0.05, 0) is 30.2 Å². The molecule has 4 rings (SSSR count). The Hall–Kier alpha value is -2.64. The van der Waals surface area contributed by atoms with Crippen molar-refractivity contribution in [3.05, 3.63) is 42.6 Å². The summed E-state index contributed by atoms with van der Waals surface area (Å²) in [5.41, 5.74) is 4.01. The third kappa shape index (κ3) is 3.81. The highest BCUT2D eigenvalue weighted by atomic mass is 16.5. The molecule has 0 amide bonds. The van der Waals surface area contributed by atoms with Gasteiger partial charge in [0.1, 0.15) is 5.82 Å². The van der Waals surface area contributed by atoms with Gasteiger partial charge in [-0.1, -0.05) is 26.0 Å². The number of hydrogen-bond acceptors (Lipinski definition) is 6. The maximum atomic E-state index is 9.58. The molecule has 7 heteroatoms. The monoisotopic (exact) mass is 381 g/mol. The van der Waals surface area contributed by atoms with Gasteiger partial charge in [-0.15, -0.1) is 5.10 Å². The smallest absolute Gasteiger partial charge is 0.154 e. The lowest BCUT2D eigenvalue weighted by atomic mass is 10.1. The molecule has 1 fully saturated rings. The molecule has 1 saturated heterocycles. The number of nitrogens with one attached hydrogen (secondary N) is 1. The highest BCUT2D eigenvalue weighted by Gasteiger charge is 2.15. The van der Waals surface area contributed by atoms with E-state index in [1.165, 1.54) is 5.69 Å². The first-order valence-electron chi connectivity index (χ1n) is 9.81. The van der Waals surface area contributed by atoms with Gasteiger partial charge in [-0.25, -0.2) is 9.50 Å². The summed E-state index contributed by atoms with van der Waals surface area (Å²) in [6.07, 6.45) is 1.85. The van der Waals surface area contributed by atoms with E-state index < -0.39 is 0 Å². The first-order valence-corrected chi connectivity index (χ1v) is 9.81. The molecular formula is C21H27N5O2. The van der Waals surface area contributed by atoms with Crippen molar-refractivity contribution in [3.8, 4) is 11.3 Å². The molecule has 1 atom stereocenters. The fraction of sp³-hybridized carbons (Fsp3) is 0.429. The largest absolute Gasteiger partial charge is 0.394 e. The molecule has 28 heavy (non-hydrogen) atoms. The van der Waals surface area contributed by atoms with E-state index >= 15 is 0 Å². The Labute approximate surface area is 165 Å². The highest BCUT2D eigenvalue weighted by Crippen LogP contribution is 2.25. The first-order chi connectivity index (χ1) is 13.7. The van der Waals surface area contributed by atoms with E-state index in [1.54, 1.807) is 0 Å². The number of nitrogens with zero attached hydrogens (tertiary/aromatic N) is 4. The molecule has 0 radical (unpaired) electrons. The summed E-state index contributed by atoms with van der Waals surface area (Å²) in [5.74, 6) is 1.03. The van der Waals surface area contributed by atoms with Crippen molar-refractivity contribution >= 4 is 17.2 Å². The van der Waals surface area contributed by atoms with E-state index in [0.717, 1.165) is 49.0 Å². The van der Waals surface area contributed by atoms with Gasteiger partial charge in [0.2, 0.25) is 0 Å². The Morgan fingerprint density at radius 1 is 1.11 bits per heavy atom. The zero-order valence-electron chi connectivity index (χ0n) is 16.4. The number of imidazole rings is 1. The summed E-state index contributed by atoms with van der Waals surface area (Å²) in [7, 11) is 0. The zero-order valence-corrected chi connectivity index (χ0v) is 16.4. The Balaban J connectivity index is 1.60. The maximum Gasteiger partial charge on any atom is 0.154 e. The molecule has 7 nitrogen and oxygen atoms in total. The molecule has 1 aromatic carbocycles. The molecular weight excluding hydrogens is 354 g/mol. The van der Waals surface area contributed by atoms with Crippen LogP contribution in [0, 0.1) is 5.92 Å². The van der Waals surface area contributed by atoms with Crippen LogP contribution in [-0.4, -0.2) is 58.7 Å².